The van der Waals surface area contributed by atoms with Crippen LogP contribution in [-0.2, 0) is 29.5 Å². The molecule has 11 heteroatoms. The molecule has 0 aliphatic heterocycles. The number of nitrogens with zero attached hydrogens (tertiary/aromatic N) is 3. The largest absolute Gasteiger partial charge is 0.457 e. The second kappa shape index (κ2) is 12.2. The van der Waals surface area contributed by atoms with Crippen molar-refractivity contribution in [3.8, 4) is 11.5 Å². The fourth-order valence-electron chi connectivity index (χ4n) is 3.46. The van der Waals surface area contributed by atoms with E-state index >= 15 is 0 Å². The molecule has 0 saturated carbocycles. The zero-order valence-corrected chi connectivity index (χ0v) is 24.3. The highest BCUT2D eigenvalue weighted by atomic mass is 79.9. The number of aromatic nitrogens is 2. The summed E-state index contributed by atoms with van der Waals surface area (Å²) in [7, 11) is 3.47. The van der Waals surface area contributed by atoms with Crippen molar-refractivity contribution in [2.24, 2.45) is 7.05 Å². The van der Waals surface area contributed by atoms with Crippen LogP contribution in [0.3, 0.4) is 0 Å². The summed E-state index contributed by atoms with van der Waals surface area (Å²) in [4.78, 5) is 27.4. The minimum Gasteiger partial charge on any atom is -0.457 e. The third kappa shape index (κ3) is 8.66. The van der Waals surface area contributed by atoms with Gasteiger partial charge in [-0.1, -0.05) is 45.2 Å². The first-order valence-electron chi connectivity index (χ1n) is 11.4. The molecule has 1 aromatic heterocycles. The average molecular weight is 612 g/mol. The molecule has 0 aliphatic carbocycles. The van der Waals surface area contributed by atoms with Crippen LogP contribution >= 0.6 is 39.1 Å². The van der Waals surface area contributed by atoms with Crippen LogP contribution in [0.4, 0.5) is 4.79 Å². The molecule has 2 aromatic carbocycles. The number of halogens is 3. The third-order valence-corrected chi connectivity index (χ3v) is 6.60. The number of alkyl carbamates (subject to hydrolysis) is 1. The van der Waals surface area contributed by atoms with Crippen LogP contribution in [0.2, 0.25) is 10.0 Å². The monoisotopic (exact) mass is 610 g/mol. The highest BCUT2D eigenvalue weighted by molar-refractivity contribution is 9.10. The van der Waals surface area contributed by atoms with Crippen molar-refractivity contribution >= 4 is 51.1 Å². The molecular weight excluding hydrogens is 583 g/mol. The summed E-state index contributed by atoms with van der Waals surface area (Å²) in [5, 5.41) is 7.72. The number of aryl methyl sites for hydroxylation is 1. The van der Waals surface area contributed by atoms with E-state index < -0.39 is 17.7 Å². The Morgan fingerprint density at radius 2 is 1.81 bits per heavy atom. The molecule has 3 rings (SSSR count). The SMILES string of the molecule is CN(Cc1ccc(Oc2ccc(Cl)c(Cl)c2)cc1Br)C(=O)C(Cc1cnn(C)c1)NC(=O)OC(C)(C)C. The van der Waals surface area contributed by atoms with Gasteiger partial charge in [0.05, 0.1) is 16.2 Å². The number of ether oxygens (including phenoxy) is 2. The molecule has 198 valence electrons. The van der Waals surface area contributed by atoms with Crippen molar-refractivity contribution in [3.63, 3.8) is 0 Å². The summed E-state index contributed by atoms with van der Waals surface area (Å²) in [5.41, 5.74) is 0.981. The van der Waals surface area contributed by atoms with Crippen molar-refractivity contribution in [2.75, 3.05) is 7.05 Å². The Labute approximate surface area is 235 Å². The molecule has 0 bridgehead atoms. The van der Waals surface area contributed by atoms with Crippen LogP contribution in [-0.4, -0.2) is 45.4 Å². The predicted octanol–water partition coefficient (Wildman–Crippen LogP) is 6.38. The number of carbonyl (C=O) groups is 2. The van der Waals surface area contributed by atoms with Crippen LogP contribution < -0.4 is 10.1 Å². The summed E-state index contributed by atoms with van der Waals surface area (Å²) >= 11 is 15.6. The molecule has 1 heterocycles. The van der Waals surface area contributed by atoms with Gasteiger partial charge in [0.2, 0.25) is 5.91 Å². The molecule has 0 aliphatic rings. The second-order valence-electron chi connectivity index (χ2n) is 9.55. The molecule has 1 unspecified atom stereocenters. The Hall–Kier alpha value is -2.75. The zero-order chi connectivity index (χ0) is 27.3. The number of likely N-dealkylation sites (N-methyl/N-ethyl adjacent to an activating group) is 1. The number of nitrogens with one attached hydrogen (secondary N) is 1. The van der Waals surface area contributed by atoms with Crippen LogP contribution in [0.1, 0.15) is 31.9 Å². The molecule has 8 nitrogen and oxygen atoms in total. The van der Waals surface area contributed by atoms with E-state index in [2.05, 4.69) is 26.3 Å². The van der Waals surface area contributed by atoms with E-state index in [0.717, 1.165) is 15.6 Å². The quantitative estimate of drug-likeness (QED) is 0.320. The van der Waals surface area contributed by atoms with Crippen LogP contribution in [0.25, 0.3) is 0 Å². The molecule has 0 radical (unpaired) electrons. The van der Waals surface area contributed by atoms with E-state index in [1.54, 1.807) is 81.1 Å². The van der Waals surface area contributed by atoms with E-state index in [4.69, 9.17) is 32.7 Å². The molecule has 2 amide bonds. The van der Waals surface area contributed by atoms with E-state index in [-0.39, 0.29) is 12.3 Å². The highest BCUT2D eigenvalue weighted by Gasteiger charge is 2.27. The Bertz CT molecular complexity index is 1280. The van der Waals surface area contributed by atoms with Gasteiger partial charge in [-0.25, -0.2) is 4.79 Å². The minimum atomic E-state index is -0.833. The van der Waals surface area contributed by atoms with Gasteiger partial charge in [0.1, 0.15) is 23.1 Å². The lowest BCUT2D eigenvalue weighted by molar-refractivity contribution is -0.132. The standard InChI is InChI=1S/C26H29BrCl2N4O4/c1-26(2,3)37-25(35)31-23(10-16-13-30-33(5)14-16)24(34)32(4)15-17-6-7-18(11-20(17)27)36-19-8-9-21(28)22(29)12-19/h6-9,11-14,23H,10,15H2,1-5H3,(H,31,35). The van der Waals surface area contributed by atoms with E-state index in [9.17, 15) is 9.59 Å². The lowest BCUT2D eigenvalue weighted by Gasteiger charge is -2.26. The maximum Gasteiger partial charge on any atom is 0.408 e. The lowest BCUT2D eigenvalue weighted by atomic mass is 10.1. The van der Waals surface area contributed by atoms with Gasteiger partial charge in [0.15, 0.2) is 0 Å². The first-order chi connectivity index (χ1) is 17.3. The molecule has 1 N–H and O–H groups in total. The fraction of sp³-hybridized carbons (Fsp3) is 0.346. The summed E-state index contributed by atoms with van der Waals surface area (Å²) < 4.78 is 13.6. The topological polar surface area (TPSA) is 85.7 Å². The lowest BCUT2D eigenvalue weighted by Crippen LogP contribution is -2.49. The number of rotatable bonds is 8. The Morgan fingerprint density at radius 3 is 2.41 bits per heavy atom. The summed E-state index contributed by atoms with van der Waals surface area (Å²) in [6.45, 7) is 5.60. The second-order valence-corrected chi connectivity index (χ2v) is 11.2. The van der Waals surface area contributed by atoms with Gasteiger partial charge in [0.25, 0.3) is 0 Å². The van der Waals surface area contributed by atoms with Crippen LogP contribution in [0, 0.1) is 0 Å². The van der Waals surface area contributed by atoms with Crippen molar-refractivity contribution in [1.29, 1.82) is 0 Å². The van der Waals surface area contributed by atoms with Gasteiger partial charge < -0.3 is 19.7 Å². The van der Waals surface area contributed by atoms with Gasteiger partial charge in [-0.05, 0) is 56.2 Å². The van der Waals surface area contributed by atoms with Gasteiger partial charge in [-0.3, -0.25) is 9.48 Å². The average Bonchev–Trinajstić information content (AvgIpc) is 3.20. The van der Waals surface area contributed by atoms with Gasteiger partial charge in [-0.2, -0.15) is 5.10 Å². The minimum absolute atomic E-state index is 0.266. The number of hydrogen-bond donors (Lipinski definition) is 1. The number of benzene rings is 2. The molecule has 0 spiro atoms. The number of carbonyl (C=O) groups excluding carboxylic acids is 2. The van der Waals surface area contributed by atoms with E-state index in [1.807, 2.05) is 12.1 Å². The van der Waals surface area contributed by atoms with Crippen LogP contribution in [0.5, 0.6) is 11.5 Å². The highest BCUT2D eigenvalue weighted by Crippen LogP contribution is 2.31. The Morgan fingerprint density at radius 1 is 1.14 bits per heavy atom. The van der Waals surface area contributed by atoms with Crippen molar-refractivity contribution in [2.45, 2.75) is 45.4 Å². The molecule has 0 saturated heterocycles. The van der Waals surface area contributed by atoms with Gasteiger partial charge in [-0.15, -0.1) is 0 Å². The first kappa shape index (κ1) is 28.8. The van der Waals surface area contributed by atoms with Crippen molar-refractivity contribution in [3.05, 3.63) is 74.4 Å². The van der Waals surface area contributed by atoms with Crippen LogP contribution in [0.15, 0.2) is 53.3 Å². The summed E-state index contributed by atoms with van der Waals surface area (Å²) in [6, 6.07) is 9.66. The first-order valence-corrected chi connectivity index (χ1v) is 13.0. The van der Waals surface area contributed by atoms with E-state index in [1.165, 1.54) is 0 Å². The van der Waals surface area contributed by atoms with Gasteiger partial charge >= 0.3 is 6.09 Å². The fourth-order valence-corrected chi connectivity index (χ4v) is 4.23. The molecule has 37 heavy (non-hydrogen) atoms. The molecular formula is C26H29BrCl2N4O4. The summed E-state index contributed by atoms with van der Waals surface area (Å²) in [6.07, 6.45) is 3.09. The normalized spacial score (nSPS) is 12.1. The number of amides is 2. The van der Waals surface area contributed by atoms with E-state index in [0.29, 0.717) is 28.1 Å². The Balaban J connectivity index is 1.71. The van der Waals surface area contributed by atoms with Crippen molar-refractivity contribution < 1.29 is 19.1 Å². The van der Waals surface area contributed by atoms with Gasteiger partial charge in [0, 0.05) is 43.8 Å². The zero-order valence-electron chi connectivity index (χ0n) is 21.2. The smallest absolute Gasteiger partial charge is 0.408 e. The molecule has 3 aromatic rings. The number of hydrogen-bond acceptors (Lipinski definition) is 5. The summed E-state index contributed by atoms with van der Waals surface area (Å²) in [5.74, 6) is 0.870. The predicted molar refractivity (Wildman–Crippen MR) is 147 cm³/mol. The molecule has 0 fully saturated rings. The maximum atomic E-state index is 13.4. The third-order valence-electron chi connectivity index (χ3n) is 5.12. The maximum absolute atomic E-state index is 13.4. The Kier molecular flexibility index (Phi) is 9.50. The van der Waals surface area contributed by atoms with Crippen molar-refractivity contribution in [1.82, 2.24) is 20.0 Å². The molecule has 1 atom stereocenters.